The van der Waals surface area contributed by atoms with Crippen LogP contribution in [0, 0.1) is 0 Å². The molecule has 4 nitrogen and oxygen atoms in total. The number of hydrogen-bond acceptors (Lipinski definition) is 3. The molecule has 2 aromatic carbocycles. The maximum Gasteiger partial charge on any atom is 0.304 e. The Kier molecular flexibility index (Phi) is 3.45. The highest BCUT2D eigenvalue weighted by Crippen LogP contribution is 2.40. The van der Waals surface area contributed by atoms with Gasteiger partial charge >= 0.3 is 5.97 Å². The maximum absolute atomic E-state index is 10.9. The van der Waals surface area contributed by atoms with Crippen molar-refractivity contribution in [3.05, 3.63) is 59.2 Å². The van der Waals surface area contributed by atoms with Crippen molar-refractivity contribution in [3.8, 4) is 11.5 Å². The third-order valence-electron chi connectivity index (χ3n) is 4.64. The van der Waals surface area contributed by atoms with Crippen LogP contribution >= 0.6 is 0 Å². The van der Waals surface area contributed by atoms with E-state index in [-0.39, 0.29) is 18.4 Å². The summed E-state index contributed by atoms with van der Waals surface area (Å²) in [7, 11) is 0. The lowest BCUT2D eigenvalue weighted by Gasteiger charge is -2.15. The molecule has 1 heterocycles. The van der Waals surface area contributed by atoms with Gasteiger partial charge in [0.05, 0.1) is 13.0 Å². The zero-order valence-electron chi connectivity index (χ0n) is 12.7. The van der Waals surface area contributed by atoms with Crippen molar-refractivity contribution in [2.75, 3.05) is 6.61 Å². The molecule has 2 aromatic rings. The number of carboxylic acid groups (broad SMARTS) is 1. The van der Waals surface area contributed by atoms with E-state index < -0.39 is 5.97 Å². The minimum absolute atomic E-state index is 0.0660. The van der Waals surface area contributed by atoms with Crippen LogP contribution in [0.4, 0.5) is 0 Å². The van der Waals surface area contributed by atoms with Crippen LogP contribution in [0.5, 0.6) is 11.5 Å². The van der Waals surface area contributed by atoms with Gasteiger partial charge in [0.15, 0.2) is 0 Å². The van der Waals surface area contributed by atoms with Gasteiger partial charge in [0.1, 0.15) is 17.6 Å². The molecule has 0 bridgehead atoms. The van der Waals surface area contributed by atoms with Gasteiger partial charge in [-0.3, -0.25) is 4.79 Å². The molecule has 118 valence electrons. The van der Waals surface area contributed by atoms with Crippen molar-refractivity contribution in [2.45, 2.75) is 31.3 Å². The van der Waals surface area contributed by atoms with E-state index in [1.165, 1.54) is 11.1 Å². The molecule has 0 amide bonds. The lowest BCUT2D eigenvalue weighted by Crippen LogP contribution is -2.07. The number of aryl methyl sites for hydroxylation is 1. The predicted molar refractivity (Wildman–Crippen MR) is 85.1 cm³/mol. The number of fused-ring (bicyclic) bond motifs is 2. The topological polar surface area (TPSA) is 55.8 Å². The van der Waals surface area contributed by atoms with E-state index in [0.29, 0.717) is 6.61 Å². The Balaban J connectivity index is 1.53. The van der Waals surface area contributed by atoms with Gasteiger partial charge in [0.25, 0.3) is 0 Å². The van der Waals surface area contributed by atoms with Gasteiger partial charge in [-0.15, -0.1) is 0 Å². The number of carboxylic acids is 1. The summed E-state index contributed by atoms with van der Waals surface area (Å²) in [6.07, 6.45) is 2.21. The summed E-state index contributed by atoms with van der Waals surface area (Å²) in [6, 6.07) is 14.1. The van der Waals surface area contributed by atoms with Crippen molar-refractivity contribution < 1.29 is 19.4 Å². The Morgan fingerprint density at radius 2 is 2.09 bits per heavy atom. The largest absolute Gasteiger partial charge is 0.492 e. The molecule has 0 spiro atoms. The summed E-state index contributed by atoms with van der Waals surface area (Å²) in [5.74, 6) is 0.666. The fourth-order valence-corrected chi connectivity index (χ4v) is 3.51. The second-order valence-corrected chi connectivity index (χ2v) is 6.15. The molecule has 1 aliphatic carbocycles. The third kappa shape index (κ3) is 2.65. The number of aliphatic carboxylic acids is 1. The highest BCUT2D eigenvalue weighted by Gasteiger charge is 2.28. The van der Waals surface area contributed by atoms with Crippen molar-refractivity contribution in [2.24, 2.45) is 0 Å². The maximum atomic E-state index is 10.9. The number of rotatable bonds is 4. The SMILES string of the molecule is O=C(O)C[C@@H]1COc2cc(OC3CCc4ccccc43)ccc21. The van der Waals surface area contributed by atoms with Crippen molar-refractivity contribution >= 4 is 5.97 Å². The average Bonchev–Trinajstić information content (AvgIpc) is 3.12. The van der Waals surface area contributed by atoms with Gasteiger partial charge in [0, 0.05) is 17.5 Å². The van der Waals surface area contributed by atoms with Gasteiger partial charge in [-0.05, 0) is 30.0 Å². The molecule has 4 rings (SSSR count). The van der Waals surface area contributed by atoms with Gasteiger partial charge in [-0.1, -0.05) is 30.3 Å². The molecule has 23 heavy (non-hydrogen) atoms. The highest BCUT2D eigenvalue weighted by molar-refractivity contribution is 5.68. The molecular weight excluding hydrogens is 292 g/mol. The van der Waals surface area contributed by atoms with Gasteiger partial charge in [0.2, 0.25) is 0 Å². The van der Waals surface area contributed by atoms with Crippen LogP contribution in [0.3, 0.4) is 0 Å². The Morgan fingerprint density at radius 3 is 2.96 bits per heavy atom. The normalized spacial score (nSPS) is 21.4. The summed E-state index contributed by atoms with van der Waals surface area (Å²) in [5.41, 5.74) is 3.58. The summed E-state index contributed by atoms with van der Waals surface area (Å²) >= 11 is 0. The van der Waals surface area contributed by atoms with E-state index in [2.05, 4.69) is 18.2 Å². The van der Waals surface area contributed by atoms with Crippen LogP contribution in [0.25, 0.3) is 0 Å². The molecule has 4 heteroatoms. The minimum Gasteiger partial charge on any atom is -0.492 e. The van der Waals surface area contributed by atoms with E-state index in [9.17, 15) is 4.79 Å². The lowest BCUT2D eigenvalue weighted by molar-refractivity contribution is -0.137. The zero-order chi connectivity index (χ0) is 15.8. The quantitative estimate of drug-likeness (QED) is 0.935. The zero-order valence-corrected chi connectivity index (χ0v) is 12.7. The summed E-state index contributed by atoms with van der Waals surface area (Å²) in [4.78, 5) is 10.9. The van der Waals surface area contributed by atoms with Crippen molar-refractivity contribution in [3.63, 3.8) is 0 Å². The molecule has 1 unspecified atom stereocenters. The second kappa shape index (κ2) is 5.61. The van der Waals surface area contributed by atoms with E-state index >= 15 is 0 Å². The van der Waals surface area contributed by atoms with E-state index in [4.69, 9.17) is 14.6 Å². The first kappa shape index (κ1) is 14.1. The number of carbonyl (C=O) groups is 1. The predicted octanol–water partition coefficient (Wildman–Crippen LogP) is 3.70. The molecule has 1 N–H and O–H groups in total. The fraction of sp³-hybridized carbons (Fsp3) is 0.316. The second-order valence-electron chi connectivity index (χ2n) is 6.15. The highest BCUT2D eigenvalue weighted by atomic mass is 16.5. The summed E-state index contributed by atoms with van der Waals surface area (Å²) in [6.45, 7) is 0.428. The Morgan fingerprint density at radius 1 is 1.22 bits per heavy atom. The molecule has 2 aliphatic rings. The molecule has 0 aromatic heterocycles. The van der Waals surface area contributed by atoms with Crippen LogP contribution in [-0.2, 0) is 11.2 Å². The Hall–Kier alpha value is -2.49. The van der Waals surface area contributed by atoms with Crippen LogP contribution in [0.2, 0.25) is 0 Å². The lowest BCUT2D eigenvalue weighted by atomic mass is 9.98. The van der Waals surface area contributed by atoms with Gasteiger partial charge in [-0.25, -0.2) is 0 Å². The molecular formula is C19H18O4. The summed E-state index contributed by atoms with van der Waals surface area (Å²) < 4.78 is 11.8. The van der Waals surface area contributed by atoms with Crippen LogP contribution < -0.4 is 9.47 Å². The smallest absolute Gasteiger partial charge is 0.304 e. The van der Waals surface area contributed by atoms with Gasteiger partial charge < -0.3 is 14.6 Å². The van der Waals surface area contributed by atoms with E-state index in [1.54, 1.807) is 0 Å². The van der Waals surface area contributed by atoms with Crippen molar-refractivity contribution in [1.82, 2.24) is 0 Å². The third-order valence-corrected chi connectivity index (χ3v) is 4.64. The molecule has 0 saturated heterocycles. The van der Waals surface area contributed by atoms with E-state index in [0.717, 1.165) is 29.9 Å². The monoisotopic (exact) mass is 310 g/mol. The first-order valence-corrected chi connectivity index (χ1v) is 7.93. The van der Waals surface area contributed by atoms with Crippen LogP contribution in [0.15, 0.2) is 42.5 Å². The van der Waals surface area contributed by atoms with Crippen LogP contribution in [0.1, 0.15) is 41.6 Å². The molecule has 1 aliphatic heterocycles. The molecule has 2 atom stereocenters. The van der Waals surface area contributed by atoms with Crippen molar-refractivity contribution in [1.29, 1.82) is 0 Å². The Bertz CT molecular complexity index is 753. The average molecular weight is 310 g/mol. The Labute approximate surface area is 134 Å². The van der Waals surface area contributed by atoms with Gasteiger partial charge in [-0.2, -0.15) is 0 Å². The van der Waals surface area contributed by atoms with E-state index in [1.807, 2.05) is 24.3 Å². The number of hydrogen-bond donors (Lipinski definition) is 1. The molecule has 0 fully saturated rings. The number of benzene rings is 2. The molecule has 0 radical (unpaired) electrons. The first-order valence-electron chi connectivity index (χ1n) is 7.93. The number of ether oxygens (including phenoxy) is 2. The minimum atomic E-state index is -0.797. The first-order chi connectivity index (χ1) is 11.2. The fourth-order valence-electron chi connectivity index (χ4n) is 3.51. The van der Waals surface area contributed by atoms with Crippen LogP contribution in [-0.4, -0.2) is 17.7 Å². The standard InChI is InChI=1S/C19H18O4/c20-19(21)9-13-11-22-18-10-14(6-7-16(13)18)23-17-8-5-12-3-1-2-4-15(12)17/h1-4,6-7,10,13,17H,5,8-9,11H2,(H,20,21)/t13-,17?/m1/s1. The molecule has 0 saturated carbocycles. The summed E-state index contributed by atoms with van der Waals surface area (Å²) in [5, 5.41) is 8.96.